The summed E-state index contributed by atoms with van der Waals surface area (Å²) in [7, 11) is 0. The Labute approximate surface area is 129 Å². The molecule has 0 fully saturated rings. The van der Waals surface area contributed by atoms with Crippen LogP contribution in [0, 0.1) is 0 Å². The van der Waals surface area contributed by atoms with Gasteiger partial charge in [-0.2, -0.15) is 11.8 Å². The number of nitrogen functional groups attached to an aromatic ring is 1. The standard InChI is InChI=1S/C13H15N3O3S2/c1-20-5-4-9(12(18)19)15-11(17)7-2-3-8-10(6-7)21-13(14)16-8/h2-3,6,9H,4-5H2,1H3,(H2,14,16)(H,15,17)(H,18,19)/t9-/m0/s1. The van der Waals surface area contributed by atoms with E-state index in [1.54, 1.807) is 18.2 Å². The SMILES string of the molecule is CSCC[C@H](NC(=O)c1ccc2nc(N)sc2c1)C(=O)O. The Morgan fingerprint density at radius 1 is 1.52 bits per heavy atom. The Morgan fingerprint density at radius 2 is 2.29 bits per heavy atom. The fraction of sp³-hybridized carbons (Fsp3) is 0.308. The van der Waals surface area contributed by atoms with Crippen LogP contribution in [0.5, 0.6) is 0 Å². The lowest BCUT2D eigenvalue weighted by Gasteiger charge is -2.13. The van der Waals surface area contributed by atoms with E-state index in [9.17, 15) is 9.59 Å². The third-order valence-corrected chi connectivity index (χ3v) is 4.37. The van der Waals surface area contributed by atoms with Gasteiger partial charge in [0, 0.05) is 5.56 Å². The van der Waals surface area contributed by atoms with Crippen LogP contribution in [0.2, 0.25) is 0 Å². The van der Waals surface area contributed by atoms with E-state index < -0.39 is 17.9 Å². The molecule has 2 aromatic rings. The van der Waals surface area contributed by atoms with E-state index in [1.807, 2.05) is 6.26 Å². The van der Waals surface area contributed by atoms with Crippen LogP contribution in [-0.4, -0.2) is 40.0 Å². The number of thiazole rings is 1. The van der Waals surface area contributed by atoms with Crippen molar-refractivity contribution in [2.75, 3.05) is 17.7 Å². The molecular formula is C13H15N3O3S2. The monoisotopic (exact) mass is 325 g/mol. The lowest BCUT2D eigenvalue weighted by atomic mass is 10.1. The molecule has 0 bridgehead atoms. The van der Waals surface area contributed by atoms with Crippen molar-refractivity contribution in [3.8, 4) is 0 Å². The van der Waals surface area contributed by atoms with Gasteiger partial charge in [0.25, 0.3) is 5.91 Å². The molecule has 8 heteroatoms. The summed E-state index contributed by atoms with van der Waals surface area (Å²) in [5.41, 5.74) is 6.75. The molecular weight excluding hydrogens is 310 g/mol. The fourth-order valence-corrected chi connectivity index (χ4v) is 3.06. The molecule has 1 amide bonds. The minimum absolute atomic E-state index is 0.387. The van der Waals surface area contributed by atoms with Crippen LogP contribution >= 0.6 is 23.1 Å². The van der Waals surface area contributed by atoms with Crippen molar-refractivity contribution in [2.45, 2.75) is 12.5 Å². The number of anilines is 1. The second kappa shape index (κ2) is 6.77. The molecule has 0 aliphatic heterocycles. The van der Waals surface area contributed by atoms with E-state index >= 15 is 0 Å². The summed E-state index contributed by atoms with van der Waals surface area (Å²) in [4.78, 5) is 27.4. The lowest BCUT2D eigenvalue weighted by Crippen LogP contribution is -2.41. The number of hydrogen-bond acceptors (Lipinski definition) is 6. The quantitative estimate of drug-likeness (QED) is 0.748. The second-order valence-corrected chi connectivity index (χ2v) is 6.43. The van der Waals surface area contributed by atoms with Crippen LogP contribution in [0.25, 0.3) is 10.2 Å². The van der Waals surface area contributed by atoms with Crippen molar-refractivity contribution in [3.05, 3.63) is 23.8 Å². The molecule has 4 N–H and O–H groups in total. The Morgan fingerprint density at radius 3 is 2.95 bits per heavy atom. The molecule has 112 valence electrons. The molecule has 1 heterocycles. The van der Waals surface area contributed by atoms with Crippen molar-refractivity contribution in [1.29, 1.82) is 0 Å². The lowest BCUT2D eigenvalue weighted by molar-refractivity contribution is -0.139. The Bertz CT molecular complexity index is 672. The van der Waals surface area contributed by atoms with E-state index in [4.69, 9.17) is 10.8 Å². The van der Waals surface area contributed by atoms with Crippen LogP contribution in [0.1, 0.15) is 16.8 Å². The van der Waals surface area contributed by atoms with Crippen LogP contribution in [0.3, 0.4) is 0 Å². The van der Waals surface area contributed by atoms with Crippen molar-refractivity contribution >= 4 is 50.3 Å². The fourth-order valence-electron chi connectivity index (χ4n) is 1.82. The highest BCUT2D eigenvalue weighted by Gasteiger charge is 2.20. The number of carboxylic acids is 1. The molecule has 0 saturated carbocycles. The van der Waals surface area contributed by atoms with Gasteiger partial charge in [0.2, 0.25) is 0 Å². The van der Waals surface area contributed by atoms with Crippen LogP contribution in [0.15, 0.2) is 18.2 Å². The van der Waals surface area contributed by atoms with Gasteiger partial charge in [-0.3, -0.25) is 4.79 Å². The number of amides is 1. The number of rotatable bonds is 6. The average Bonchev–Trinajstić information content (AvgIpc) is 2.81. The molecule has 0 aliphatic rings. The molecule has 2 rings (SSSR count). The van der Waals surface area contributed by atoms with Crippen molar-refractivity contribution in [3.63, 3.8) is 0 Å². The Kier molecular flexibility index (Phi) is 5.03. The van der Waals surface area contributed by atoms with E-state index in [2.05, 4.69) is 10.3 Å². The number of benzene rings is 1. The summed E-state index contributed by atoms with van der Waals surface area (Å²) in [6, 6.07) is 4.11. The third-order valence-electron chi connectivity index (χ3n) is 2.88. The maximum Gasteiger partial charge on any atom is 0.326 e. The molecule has 0 unspecified atom stereocenters. The number of thioether (sulfide) groups is 1. The highest BCUT2D eigenvalue weighted by molar-refractivity contribution is 7.98. The predicted octanol–water partition coefficient (Wildman–Crippen LogP) is 1.81. The molecule has 0 aliphatic carbocycles. The molecule has 0 saturated heterocycles. The van der Waals surface area contributed by atoms with E-state index in [-0.39, 0.29) is 0 Å². The number of carbonyl (C=O) groups excluding carboxylic acids is 1. The number of carboxylic acid groups (broad SMARTS) is 1. The summed E-state index contributed by atoms with van der Waals surface area (Å²) in [6.07, 6.45) is 2.28. The second-order valence-electron chi connectivity index (χ2n) is 4.38. The van der Waals surface area contributed by atoms with Gasteiger partial charge in [0.1, 0.15) is 6.04 Å². The van der Waals surface area contributed by atoms with Gasteiger partial charge in [-0.1, -0.05) is 11.3 Å². The maximum absolute atomic E-state index is 12.1. The number of fused-ring (bicyclic) bond motifs is 1. The molecule has 6 nitrogen and oxygen atoms in total. The summed E-state index contributed by atoms with van der Waals surface area (Å²) in [5, 5.41) is 12.1. The van der Waals surface area contributed by atoms with Crippen LogP contribution in [-0.2, 0) is 4.79 Å². The highest BCUT2D eigenvalue weighted by atomic mass is 32.2. The van der Waals surface area contributed by atoms with Gasteiger partial charge in [0.15, 0.2) is 5.13 Å². The normalized spacial score (nSPS) is 12.2. The van der Waals surface area contributed by atoms with E-state index in [0.29, 0.717) is 22.9 Å². The van der Waals surface area contributed by atoms with Gasteiger partial charge in [-0.05, 0) is 36.6 Å². The highest BCUT2D eigenvalue weighted by Crippen LogP contribution is 2.24. The van der Waals surface area contributed by atoms with E-state index in [0.717, 1.165) is 10.2 Å². The summed E-state index contributed by atoms with van der Waals surface area (Å²) >= 11 is 2.83. The van der Waals surface area contributed by atoms with Gasteiger partial charge in [-0.25, -0.2) is 9.78 Å². The smallest absolute Gasteiger partial charge is 0.326 e. The molecule has 0 radical (unpaired) electrons. The van der Waals surface area contributed by atoms with Gasteiger partial charge >= 0.3 is 5.97 Å². The number of nitrogens with zero attached hydrogens (tertiary/aromatic N) is 1. The van der Waals surface area contributed by atoms with Crippen molar-refractivity contribution in [2.24, 2.45) is 0 Å². The maximum atomic E-state index is 12.1. The van der Waals surface area contributed by atoms with Crippen LogP contribution in [0.4, 0.5) is 5.13 Å². The number of carbonyl (C=O) groups is 2. The number of hydrogen-bond donors (Lipinski definition) is 3. The first kappa shape index (κ1) is 15.6. The van der Waals surface area contributed by atoms with Crippen molar-refractivity contribution in [1.82, 2.24) is 10.3 Å². The van der Waals surface area contributed by atoms with Gasteiger partial charge < -0.3 is 16.2 Å². The van der Waals surface area contributed by atoms with E-state index in [1.165, 1.54) is 23.1 Å². The Balaban J connectivity index is 2.14. The zero-order chi connectivity index (χ0) is 15.4. The molecule has 1 aromatic heterocycles. The average molecular weight is 325 g/mol. The molecule has 0 spiro atoms. The number of aromatic nitrogens is 1. The first-order valence-corrected chi connectivity index (χ1v) is 8.41. The molecule has 21 heavy (non-hydrogen) atoms. The first-order chi connectivity index (χ1) is 10.0. The third kappa shape index (κ3) is 3.85. The largest absolute Gasteiger partial charge is 0.480 e. The predicted molar refractivity (Wildman–Crippen MR) is 85.9 cm³/mol. The minimum Gasteiger partial charge on any atom is -0.480 e. The van der Waals surface area contributed by atoms with Gasteiger partial charge in [-0.15, -0.1) is 0 Å². The number of nitrogens with one attached hydrogen (secondary N) is 1. The minimum atomic E-state index is -1.03. The topological polar surface area (TPSA) is 105 Å². The summed E-state index contributed by atoms with van der Waals surface area (Å²) < 4.78 is 0.802. The molecule has 1 aromatic carbocycles. The zero-order valence-corrected chi connectivity index (χ0v) is 13.0. The molecule has 1 atom stereocenters. The Hall–Kier alpha value is -1.80. The number of nitrogens with two attached hydrogens (primary N) is 1. The summed E-state index contributed by atoms with van der Waals surface area (Å²) in [5.74, 6) is -0.764. The van der Waals surface area contributed by atoms with Crippen molar-refractivity contribution < 1.29 is 14.7 Å². The first-order valence-electron chi connectivity index (χ1n) is 6.20. The zero-order valence-electron chi connectivity index (χ0n) is 11.3. The van der Waals surface area contributed by atoms with Gasteiger partial charge in [0.05, 0.1) is 10.2 Å². The summed E-state index contributed by atoms with van der Waals surface area (Å²) in [6.45, 7) is 0. The van der Waals surface area contributed by atoms with Crippen LogP contribution < -0.4 is 11.1 Å². The number of aliphatic carboxylic acids is 1.